The van der Waals surface area contributed by atoms with Gasteiger partial charge < -0.3 is 10.5 Å². The van der Waals surface area contributed by atoms with Gasteiger partial charge in [0.2, 0.25) is 5.88 Å². The van der Waals surface area contributed by atoms with E-state index in [9.17, 15) is 0 Å². The van der Waals surface area contributed by atoms with Gasteiger partial charge in [-0.2, -0.15) is 0 Å². The monoisotopic (exact) mass is 221 g/mol. The SMILES string of the molecule is Nc1cccnc1OCCN1CCCCC1. The standard InChI is InChI=1S/C12H19N3O/c13-11-5-4-6-14-12(11)16-10-9-15-7-2-1-3-8-15/h4-6H,1-3,7-10,13H2. The molecule has 1 aromatic rings. The van der Waals surface area contributed by atoms with Crippen LogP contribution in [0.5, 0.6) is 5.88 Å². The third kappa shape index (κ3) is 3.10. The van der Waals surface area contributed by atoms with Crippen molar-refractivity contribution < 1.29 is 4.74 Å². The first-order valence-corrected chi connectivity index (χ1v) is 5.92. The molecule has 1 aromatic heterocycles. The van der Waals surface area contributed by atoms with Gasteiger partial charge in [0.05, 0.1) is 5.69 Å². The second kappa shape index (κ2) is 5.70. The van der Waals surface area contributed by atoms with Gasteiger partial charge >= 0.3 is 0 Å². The third-order valence-electron chi connectivity index (χ3n) is 2.90. The average molecular weight is 221 g/mol. The fraction of sp³-hybridized carbons (Fsp3) is 0.583. The van der Waals surface area contributed by atoms with Gasteiger partial charge in [-0.3, -0.25) is 4.90 Å². The molecule has 0 atom stereocenters. The van der Waals surface area contributed by atoms with Crippen LogP contribution in [0.4, 0.5) is 5.69 Å². The summed E-state index contributed by atoms with van der Waals surface area (Å²) in [7, 11) is 0. The summed E-state index contributed by atoms with van der Waals surface area (Å²) in [6, 6.07) is 3.62. The topological polar surface area (TPSA) is 51.4 Å². The predicted molar refractivity (Wildman–Crippen MR) is 64.4 cm³/mol. The van der Waals surface area contributed by atoms with Crippen molar-refractivity contribution >= 4 is 5.69 Å². The minimum atomic E-state index is 0.555. The van der Waals surface area contributed by atoms with Crippen molar-refractivity contribution in [1.29, 1.82) is 0 Å². The van der Waals surface area contributed by atoms with E-state index in [1.54, 1.807) is 6.20 Å². The molecule has 0 spiro atoms. The van der Waals surface area contributed by atoms with Crippen molar-refractivity contribution in [2.75, 3.05) is 32.0 Å². The van der Waals surface area contributed by atoms with Crippen LogP contribution in [-0.2, 0) is 0 Å². The molecule has 16 heavy (non-hydrogen) atoms. The highest BCUT2D eigenvalue weighted by Crippen LogP contribution is 2.16. The van der Waals surface area contributed by atoms with Crippen molar-refractivity contribution in [3.63, 3.8) is 0 Å². The maximum Gasteiger partial charge on any atom is 0.237 e. The molecule has 2 heterocycles. The molecule has 88 valence electrons. The van der Waals surface area contributed by atoms with E-state index in [1.165, 1.54) is 32.4 Å². The van der Waals surface area contributed by atoms with E-state index in [0.717, 1.165) is 6.54 Å². The first kappa shape index (κ1) is 11.2. The lowest BCUT2D eigenvalue weighted by Gasteiger charge is -2.26. The lowest BCUT2D eigenvalue weighted by molar-refractivity contribution is 0.181. The quantitative estimate of drug-likeness (QED) is 0.837. The molecule has 0 saturated carbocycles. The molecule has 0 radical (unpaired) electrons. The minimum absolute atomic E-state index is 0.555. The van der Waals surface area contributed by atoms with E-state index >= 15 is 0 Å². The molecule has 1 aliphatic rings. The highest BCUT2D eigenvalue weighted by Gasteiger charge is 2.09. The number of hydrogen-bond donors (Lipinski definition) is 1. The van der Waals surface area contributed by atoms with Gasteiger partial charge in [0.15, 0.2) is 0 Å². The molecular formula is C12H19N3O. The fourth-order valence-electron chi connectivity index (χ4n) is 1.98. The lowest BCUT2D eigenvalue weighted by atomic mass is 10.1. The van der Waals surface area contributed by atoms with Crippen LogP contribution < -0.4 is 10.5 Å². The Morgan fingerprint density at radius 1 is 1.31 bits per heavy atom. The number of aromatic nitrogens is 1. The maximum atomic E-state index is 5.74. The summed E-state index contributed by atoms with van der Waals surface area (Å²) in [5.41, 5.74) is 6.35. The van der Waals surface area contributed by atoms with Crippen molar-refractivity contribution in [2.24, 2.45) is 0 Å². The van der Waals surface area contributed by atoms with E-state index in [2.05, 4.69) is 9.88 Å². The first-order valence-electron chi connectivity index (χ1n) is 5.92. The van der Waals surface area contributed by atoms with E-state index in [0.29, 0.717) is 18.2 Å². The number of nitrogens with zero attached hydrogens (tertiary/aromatic N) is 2. The number of rotatable bonds is 4. The highest BCUT2D eigenvalue weighted by molar-refractivity contribution is 5.46. The fourth-order valence-corrected chi connectivity index (χ4v) is 1.98. The number of nitrogen functional groups attached to an aromatic ring is 1. The van der Waals surface area contributed by atoms with Crippen LogP contribution in [-0.4, -0.2) is 36.1 Å². The molecule has 1 saturated heterocycles. The molecule has 0 aromatic carbocycles. The summed E-state index contributed by atoms with van der Waals surface area (Å²) in [6.07, 6.45) is 5.69. The number of anilines is 1. The van der Waals surface area contributed by atoms with Gasteiger partial charge in [0.25, 0.3) is 0 Å². The van der Waals surface area contributed by atoms with Gasteiger partial charge in [-0.05, 0) is 38.1 Å². The zero-order valence-electron chi connectivity index (χ0n) is 9.56. The van der Waals surface area contributed by atoms with Crippen LogP contribution >= 0.6 is 0 Å². The van der Waals surface area contributed by atoms with Crippen LogP contribution in [0, 0.1) is 0 Å². The summed E-state index contributed by atoms with van der Waals surface area (Å²) >= 11 is 0. The number of hydrogen-bond acceptors (Lipinski definition) is 4. The molecule has 4 heteroatoms. The molecule has 0 aliphatic carbocycles. The van der Waals surface area contributed by atoms with Crippen molar-refractivity contribution in [1.82, 2.24) is 9.88 Å². The predicted octanol–water partition coefficient (Wildman–Crippen LogP) is 1.53. The Morgan fingerprint density at radius 3 is 2.88 bits per heavy atom. The molecular weight excluding hydrogens is 202 g/mol. The summed E-state index contributed by atoms with van der Waals surface area (Å²) in [4.78, 5) is 6.53. The number of pyridine rings is 1. The second-order valence-corrected chi connectivity index (χ2v) is 4.15. The smallest absolute Gasteiger partial charge is 0.237 e. The van der Waals surface area contributed by atoms with Gasteiger partial charge in [0.1, 0.15) is 6.61 Å². The van der Waals surface area contributed by atoms with Crippen LogP contribution in [0.1, 0.15) is 19.3 Å². The zero-order valence-corrected chi connectivity index (χ0v) is 9.56. The van der Waals surface area contributed by atoms with Gasteiger partial charge in [0, 0.05) is 12.7 Å². The third-order valence-corrected chi connectivity index (χ3v) is 2.90. The Kier molecular flexibility index (Phi) is 3.99. The van der Waals surface area contributed by atoms with Crippen molar-refractivity contribution in [2.45, 2.75) is 19.3 Å². The average Bonchev–Trinajstić information content (AvgIpc) is 2.33. The second-order valence-electron chi connectivity index (χ2n) is 4.15. The van der Waals surface area contributed by atoms with Crippen LogP contribution in [0.15, 0.2) is 18.3 Å². The van der Waals surface area contributed by atoms with Crippen LogP contribution in [0.3, 0.4) is 0 Å². The van der Waals surface area contributed by atoms with E-state index in [1.807, 2.05) is 12.1 Å². The molecule has 1 fully saturated rings. The zero-order chi connectivity index (χ0) is 11.2. The number of ether oxygens (including phenoxy) is 1. The van der Waals surface area contributed by atoms with Crippen LogP contribution in [0.25, 0.3) is 0 Å². The van der Waals surface area contributed by atoms with E-state index in [4.69, 9.17) is 10.5 Å². The lowest BCUT2D eigenvalue weighted by Crippen LogP contribution is -2.33. The number of likely N-dealkylation sites (tertiary alicyclic amines) is 1. The summed E-state index contributed by atoms with van der Waals surface area (Å²) in [5, 5.41) is 0. The van der Waals surface area contributed by atoms with Crippen LogP contribution in [0.2, 0.25) is 0 Å². The molecule has 4 nitrogen and oxygen atoms in total. The van der Waals surface area contributed by atoms with Crippen molar-refractivity contribution in [3.05, 3.63) is 18.3 Å². The number of piperidine rings is 1. The highest BCUT2D eigenvalue weighted by atomic mass is 16.5. The normalized spacial score (nSPS) is 17.2. The van der Waals surface area contributed by atoms with Gasteiger partial charge in [-0.15, -0.1) is 0 Å². The maximum absolute atomic E-state index is 5.74. The molecule has 0 amide bonds. The van der Waals surface area contributed by atoms with E-state index in [-0.39, 0.29) is 0 Å². The van der Waals surface area contributed by atoms with E-state index < -0.39 is 0 Å². The molecule has 1 aliphatic heterocycles. The Bertz CT molecular complexity index is 324. The first-order chi connectivity index (χ1) is 7.86. The van der Waals surface area contributed by atoms with Crippen molar-refractivity contribution in [3.8, 4) is 5.88 Å². The Hall–Kier alpha value is -1.29. The minimum Gasteiger partial charge on any atom is -0.475 e. The molecule has 0 unspecified atom stereocenters. The number of nitrogens with two attached hydrogens (primary N) is 1. The molecule has 2 N–H and O–H groups in total. The Balaban J connectivity index is 1.73. The van der Waals surface area contributed by atoms with Gasteiger partial charge in [-0.25, -0.2) is 4.98 Å². The molecule has 2 rings (SSSR count). The molecule has 0 bridgehead atoms. The largest absolute Gasteiger partial charge is 0.475 e. The Morgan fingerprint density at radius 2 is 2.12 bits per heavy atom. The Labute approximate surface area is 96.4 Å². The summed E-state index contributed by atoms with van der Waals surface area (Å²) in [5.74, 6) is 0.555. The summed E-state index contributed by atoms with van der Waals surface area (Å²) in [6.45, 7) is 4.03. The summed E-state index contributed by atoms with van der Waals surface area (Å²) < 4.78 is 5.56. The van der Waals surface area contributed by atoms with Gasteiger partial charge in [-0.1, -0.05) is 6.42 Å².